The van der Waals surface area contributed by atoms with Crippen LogP contribution >= 0.6 is 11.8 Å². The van der Waals surface area contributed by atoms with Gasteiger partial charge in [0.1, 0.15) is 0 Å². The second-order valence-corrected chi connectivity index (χ2v) is 6.87. The lowest BCUT2D eigenvalue weighted by Gasteiger charge is -2.29. The van der Waals surface area contributed by atoms with E-state index in [1.807, 2.05) is 11.9 Å². The van der Waals surface area contributed by atoms with Gasteiger partial charge in [0.25, 0.3) is 0 Å². The summed E-state index contributed by atoms with van der Waals surface area (Å²) in [5.41, 5.74) is -2.52. The fourth-order valence-corrected chi connectivity index (χ4v) is 3.98. The molecule has 2 rings (SSSR count). The summed E-state index contributed by atoms with van der Waals surface area (Å²) >= 11 is 1.16. The van der Waals surface area contributed by atoms with E-state index in [-0.39, 0.29) is 17.7 Å². The first-order chi connectivity index (χ1) is 11.0. The second-order valence-electron chi connectivity index (χ2n) is 5.75. The Balaban J connectivity index is 2.54. The number of alkyl halides is 6. The second kappa shape index (κ2) is 7.00. The molecule has 0 aliphatic carbocycles. The topological polar surface area (TPSA) is 3.24 Å². The molecule has 0 radical (unpaired) electrons. The van der Waals surface area contributed by atoms with E-state index < -0.39 is 28.7 Å². The molecule has 24 heavy (non-hydrogen) atoms. The zero-order valence-electron chi connectivity index (χ0n) is 12.9. The van der Waals surface area contributed by atoms with Crippen LogP contribution in [0.5, 0.6) is 0 Å². The van der Waals surface area contributed by atoms with Crippen molar-refractivity contribution in [2.24, 2.45) is 0 Å². The van der Waals surface area contributed by atoms with Gasteiger partial charge >= 0.3 is 12.4 Å². The number of rotatable bonds is 4. The third-order valence-electron chi connectivity index (χ3n) is 4.11. The Morgan fingerprint density at radius 1 is 1.12 bits per heavy atom. The lowest BCUT2D eigenvalue weighted by atomic mass is 9.98. The molecule has 2 unspecified atom stereocenters. The SMILES string of the molecule is C=CSC(c1cc(C(F)(F)F)cc(C(F)(F)F)c1)C1CCCN1C. The average Bonchev–Trinajstić information content (AvgIpc) is 2.88. The van der Waals surface area contributed by atoms with Crippen LogP contribution in [0.15, 0.2) is 30.2 Å². The maximum Gasteiger partial charge on any atom is 0.416 e. The Bertz CT molecular complexity index is 563. The van der Waals surface area contributed by atoms with Crippen molar-refractivity contribution in [2.45, 2.75) is 36.5 Å². The molecular weight excluding hydrogens is 352 g/mol. The number of hydrogen-bond donors (Lipinski definition) is 0. The average molecular weight is 369 g/mol. The van der Waals surface area contributed by atoms with Crippen LogP contribution in [-0.4, -0.2) is 24.5 Å². The largest absolute Gasteiger partial charge is 0.416 e. The van der Waals surface area contributed by atoms with E-state index in [2.05, 4.69) is 6.58 Å². The van der Waals surface area contributed by atoms with Gasteiger partial charge in [0.15, 0.2) is 0 Å². The summed E-state index contributed by atoms with van der Waals surface area (Å²) in [5.74, 6) is 0. The molecule has 0 N–H and O–H groups in total. The molecule has 1 heterocycles. The Kier molecular flexibility index (Phi) is 5.59. The number of thioether (sulfide) groups is 1. The van der Waals surface area contributed by atoms with Crippen LogP contribution in [0, 0.1) is 0 Å². The van der Waals surface area contributed by atoms with Crippen molar-refractivity contribution in [3.63, 3.8) is 0 Å². The van der Waals surface area contributed by atoms with Crippen LogP contribution in [0.4, 0.5) is 26.3 Å². The molecule has 1 aromatic rings. The molecule has 1 aromatic carbocycles. The molecule has 0 saturated carbocycles. The van der Waals surface area contributed by atoms with E-state index in [9.17, 15) is 26.3 Å². The molecule has 8 heteroatoms. The van der Waals surface area contributed by atoms with Gasteiger partial charge in [-0.15, -0.1) is 11.8 Å². The molecule has 1 saturated heterocycles. The fraction of sp³-hybridized carbons (Fsp3) is 0.500. The number of hydrogen-bond acceptors (Lipinski definition) is 2. The van der Waals surface area contributed by atoms with E-state index in [0.29, 0.717) is 0 Å². The minimum atomic E-state index is -4.83. The van der Waals surface area contributed by atoms with Gasteiger partial charge in [0.05, 0.1) is 11.1 Å². The molecular formula is C16H17F6NS. The van der Waals surface area contributed by atoms with Crippen LogP contribution in [0.1, 0.15) is 34.8 Å². The highest BCUT2D eigenvalue weighted by Gasteiger charge is 2.39. The molecule has 134 valence electrons. The van der Waals surface area contributed by atoms with E-state index in [1.165, 1.54) is 5.41 Å². The molecule has 0 bridgehead atoms. The van der Waals surface area contributed by atoms with Crippen molar-refractivity contribution in [3.05, 3.63) is 46.9 Å². The highest BCUT2D eigenvalue weighted by atomic mass is 32.2. The minimum Gasteiger partial charge on any atom is -0.302 e. The molecule has 0 amide bonds. The first-order valence-electron chi connectivity index (χ1n) is 7.30. The molecule has 0 spiro atoms. The lowest BCUT2D eigenvalue weighted by molar-refractivity contribution is -0.143. The predicted molar refractivity (Wildman–Crippen MR) is 82.6 cm³/mol. The van der Waals surface area contributed by atoms with Crippen LogP contribution in [0.2, 0.25) is 0 Å². The third kappa shape index (κ3) is 4.27. The highest BCUT2D eigenvalue weighted by Crippen LogP contribution is 2.43. The Morgan fingerprint density at radius 3 is 2.04 bits per heavy atom. The summed E-state index contributed by atoms with van der Waals surface area (Å²) in [6.07, 6.45) is -8.08. The number of nitrogens with zero attached hydrogens (tertiary/aromatic N) is 1. The number of benzene rings is 1. The fourth-order valence-electron chi connectivity index (χ4n) is 2.96. The van der Waals surface area contributed by atoms with Gasteiger partial charge < -0.3 is 4.90 Å². The van der Waals surface area contributed by atoms with Crippen molar-refractivity contribution >= 4 is 11.8 Å². The van der Waals surface area contributed by atoms with Gasteiger partial charge in [0, 0.05) is 11.3 Å². The number of likely N-dealkylation sites (tertiary alicyclic amines) is 1. The van der Waals surface area contributed by atoms with Gasteiger partial charge in [-0.05, 0) is 55.6 Å². The minimum absolute atomic E-state index is 0.0285. The summed E-state index contributed by atoms with van der Waals surface area (Å²) in [7, 11) is 1.83. The van der Waals surface area contributed by atoms with Crippen molar-refractivity contribution in [2.75, 3.05) is 13.6 Å². The third-order valence-corrected chi connectivity index (χ3v) is 5.18. The van der Waals surface area contributed by atoms with Gasteiger partial charge in [-0.2, -0.15) is 26.3 Å². The molecule has 1 aliphatic heterocycles. The van der Waals surface area contributed by atoms with Gasteiger partial charge in [0.2, 0.25) is 0 Å². The first-order valence-corrected chi connectivity index (χ1v) is 8.24. The quantitative estimate of drug-likeness (QED) is 0.623. The standard InChI is InChI=1S/C16H17F6NS/c1-3-24-14(13-5-4-6-23(13)2)10-7-11(15(17,18)19)9-12(8-10)16(20,21)22/h3,7-9,13-14H,1,4-6H2,2H3. The smallest absolute Gasteiger partial charge is 0.302 e. The number of likely N-dealkylation sites (N-methyl/N-ethyl adjacent to an activating group) is 1. The normalized spacial score (nSPS) is 21.0. The first kappa shape index (κ1) is 19.2. The van der Waals surface area contributed by atoms with Crippen molar-refractivity contribution < 1.29 is 26.3 Å². The summed E-state index contributed by atoms with van der Waals surface area (Å²) in [5, 5.41) is 0.933. The van der Waals surface area contributed by atoms with E-state index in [1.54, 1.807) is 0 Å². The van der Waals surface area contributed by atoms with Crippen LogP contribution < -0.4 is 0 Å². The molecule has 1 fully saturated rings. The van der Waals surface area contributed by atoms with Crippen LogP contribution in [-0.2, 0) is 12.4 Å². The van der Waals surface area contributed by atoms with Gasteiger partial charge in [-0.25, -0.2) is 0 Å². The van der Waals surface area contributed by atoms with Crippen LogP contribution in [0.25, 0.3) is 0 Å². The summed E-state index contributed by atoms with van der Waals surface area (Å²) in [4.78, 5) is 1.97. The van der Waals surface area contributed by atoms with Gasteiger partial charge in [-0.1, -0.05) is 6.58 Å². The maximum absolute atomic E-state index is 13.0. The molecule has 1 aliphatic rings. The Labute approximate surface area is 140 Å². The molecule has 2 atom stereocenters. The zero-order chi connectivity index (χ0) is 18.1. The zero-order valence-corrected chi connectivity index (χ0v) is 13.7. The van der Waals surface area contributed by atoms with E-state index in [4.69, 9.17) is 0 Å². The number of halogens is 6. The van der Waals surface area contributed by atoms with Gasteiger partial charge in [-0.3, -0.25) is 0 Å². The van der Waals surface area contributed by atoms with E-state index in [0.717, 1.165) is 43.3 Å². The van der Waals surface area contributed by atoms with Crippen molar-refractivity contribution in [1.82, 2.24) is 4.90 Å². The Hall–Kier alpha value is -1.15. The Morgan fingerprint density at radius 2 is 1.67 bits per heavy atom. The molecule has 1 nitrogen and oxygen atoms in total. The monoisotopic (exact) mass is 369 g/mol. The lowest BCUT2D eigenvalue weighted by Crippen LogP contribution is -2.30. The summed E-state index contributed by atoms with van der Waals surface area (Å²) in [6, 6.07) is 1.68. The van der Waals surface area contributed by atoms with E-state index >= 15 is 0 Å². The van der Waals surface area contributed by atoms with Crippen LogP contribution in [0.3, 0.4) is 0 Å². The van der Waals surface area contributed by atoms with Crippen molar-refractivity contribution in [3.8, 4) is 0 Å². The predicted octanol–water partition coefficient (Wildman–Crippen LogP) is 5.74. The molecule has 0 aromatic heterocycles. The summed E-state index contributed by atoms with van der Waals surface area (Å²) < 4.78 is 78.2. The highest BCUT2D eigenvalue weighted by molar-refractivity contribution is 8.02. The van der Waals surface area contributed by atoms with Crippen molar-refractivity contribution in [1.29, 1.82) is 0 Å². The summed E-state index contributed by atoms with van der Waals surface area (Å²) in [6.45, 7) is 4.33. The maximum atomic E-state index is 13.0.